The standard InChI is InChI=1S/C17H20N4O2/c1-2-21(15-4-3-7-18-13-15)17(22)14-5-6-16(19-12-14)20-8-10-23-11-9-20/h3-7,12-13H,2,8-11H2,1H3. The third-order valence-electron chi connectivity index (χ3n) is 3.85. The van der Waals surface area contributed by atoms with E-state index in [9.17, 15) is 4.79 Å². The molecule has 2 aromatic heterocycles. The second kappa shape index (κ2) is 7.19. The van der Waals surface area contributed by atoms with Crippen molar-refractivity contribution in [1.82, 2.24) is 9.97 Å². The van der Waals surface area contributed by atoms with Gasteiger partial charge >= 0.3 is 0 Å². The molecule has 2 aromatic rings. The first-order chi connectivity index (χ1) is 11.3. The summed E-state index contributed by atoms with van der Waals surface area (Å²) in [5, 5.41) is 0. The summed E-state index contributed by atoms with van der Waals surface area (Å²) in [5.41, 5.74) is 1.37. The molecular formula is C17H20N4O2. The number of pyridine rings is 2. The van der Waals surface area contributed by atoms with Gasteiger partial charge in [-0.2, -0.15) is 0 Å². The van der Waals surface area contributed by atoms with Gasteiger partial charge in [0.1, 0.15) is 5.82 Å². The molecule has 1 amide bonds. The van der Waals surface area contributed by atoms with Crippen LogP contribution in [0.2, 0.25) is 0 Å². The summed E-state index contributed by atoms with van der Waals surface area (Å²) >= 11 is 0. The van der Waals surface area contributed by atoms with Gasteiger partial charge in [0.25, 0.3) is 5.91 Å². The van der Waals surface area contributed by atoms with E-state index in [1.165, 1.54) is 0 Å². The lowest BCUT2D eigenvalue weighted by atomic mass is 10.2. The molecule has 1 saturated heterocycles. The van der Waals surface area contributed by atoms with Gasteiger partial charge in [0.2, 0.25) is 0 Å². The molecule has 0 N–H and O–H groups in total. The number of amides is 1. The van der Waals surface area contributed by atoms with E-state index in [0.717, 1.165) is 24.6 Å². The Hall–Kier alpha value is -2.47. The number of rotatable bonds is 4. The molecule has 0 aromatic carbocycles. The van der Waals surface area contributed by atoms with Crippen LogP contribution < -0.4 is 9.80 Å². The maximum Gasteiger partial charge on any atom is 0.259 e. The number of anilines is 2. The first-order valence-electron chi connectivity index (χ1n) is 7.80. The average molecular weight is 312 g/mol. The van der Waals surface area contributed by atoms with Crippen molar-refractivity contribution in [2.75, 3.05) is 42.6 Å². The summed E-state index contributed by atoms with van der Waals surface area (Å²) in [6.07, 6.45) is 5.03. The molecule has 0 saturated carbocycles. The van der Waals surface area contributed by atoms with E-state index in [-0.39, 0.29) is 5.91 Å². The Morgan fingerprint density at radius 1 is 1.26 bits per heavy atom. The van der Waals surface area contributed by atoms with Gasteiger partial charge in [-0.3, -0.25) is 9.78 Å². The Morgan fingerprint density at radius 3 is 2.70 bits per heavy atom. The summed E-state index contributed by atoms with van der Waals surface area (Å²) in [6.45, 7) is 5.62. The first-order valence-corrected chi connectivity index (χ1v) is 7.80. The van der Waals surface area contributed by atoms with Gasteiger partial charge in [-0.15, -0.1) is 0 Å². The maximum atomic E-state index is 12.7. The highest BCUT2D eigenvalue weighted by Crippen LogP contribution is 2.17. The lowest BCUT2D eigenvalue weighted by Gasteiger charge is -2.28. The zero-order valence-electron chi connectivity index (χ0n) is 13.2. The average Bonchev–Trinajstić information content (AvgIpc) is 2.64. The number of hydrogen-bond acceptors (Lipinski definition) is 5. The van der Waals surface area contributed by atoms with Crippen molar-refractivity contribution in [1.29, 1.82) is 0 Å². The molecule has 1 fully saturated rings. The highest BCUT2D eigenvalue weighted by Gasteiger charge is 2.18. The SMILES string of the molecule is CCN(C(=O)c1ccc(N2CCOCC2)nc1)c1cccnc1. The van der Waals surface area contributed by atoms with Gasteiger partial charge in [-0.1, -0.05) is 0 Å². The van der Waals surface area contributed by atoms with E-state index in [4.69, 9.17) is 4.74 Å². The number of carbonyl (C=O) groups excluding carboxylic acids is 1. The molecule has 120 valence electrons. The van der Waals surface area contributed by atoms with Crippen LogP contribution in [0.3, 0.4) is 0 Å². The predicted octanol–water partition coefficient (Wildman–Crippen LogP) is 1.98. The van der Waals surface area contributed by atoms with Crippen molar-refractivity contribution in [2.24, 2.45) is 0 Å². The van der Waals surface area contributed by atoms with Crippen LogP contribution in [-0.4, -0.2) is 48.7 Å². The predicted molar refractivity (Wildman–Crippen MR) is 88.9 cm³/mol. The third kappa shape index (κ3) is 3.48. The normalized spacial score (nSPS) is 14.6. The summed E-state index contributed by atoms with van der Waals surface area (Å²) in [7, 11) is 0. The summed E-state index contributed by atoms with van der Waals surface area (Å²) < 4.78 is 5.34. The van der Waals surface area contributed by atoms with E-state index in [1.807, 2.05) is 31.2 Å². The Bertz CT molecular complexity index is 639. The molecule has 0 aliphatic carbocycles. The molecule has 3 rings (SSSR count). The van der Waals surface area contributed by atoms with Crippen LogP contribution in [0.15, 0.2) is 42.9 Å². The Kier molecular flexibility index (Phi) is 4.83. The summed E-state index contributed by atoms with van der Waals surface area (Å²) in [5.74, 6) is 0.816. The summed E-state index contributed by atoms with van der Waals surface area (Å²) in [4.78, 5) is 25.1. The van der Waals surface area contributed by atoms with Crippen LogP contribution in [0.25, 0.3) is 0 Å². The zero-order chi connectivity index (χ0) is 16.1. The van der Waals surface area contributed by atoms with E-state index >= 15 is 0 Å². The smallest absolute Gasteiger partial charge is 0.259 e. The van der Waals surface area contributed by atoms with Gasteiger partial charge < -0.3 is 14.5 Å². The molecule has 0 atom stereocenters. The monoisotopic (exact) mass is 312 g/mol. The maximum absolute atomic E-state index is 12.7. The second-order valence-electron chi connectivity index (χ2n) is 5.27. The number of nitrogens with zero attached hydrogens (tertiary/aromatic N) is 4. The van der Waals surface area contributed by atoms with Crippen LogP contribution in [0.4, 0.5) is 11.5 Å². The minimum absolute atomic E-state index is 0.0680. The number of ether oxygens (including phenoxy) is 1. The first kappa shape index (κ1) is 15.4. The quantitative estimate of drug-likeness (QED) is 0.864. The molecule has 0 bridgehead atoms. The van der Waals surface area contributed by atoms with Crippen LogP contribution in [-0.2, 0) is 4.74 Å². The Balaban J connectivity index is 1.76. The van der Waals surface area contributed by atoms with Gasteiger partial charge in [-0.05, 0) is 31.2 Å². The van der Waals surface area contributed by atoms with Gasteiger partial charge in [-0.25, -0.2) is 4.98 Å². The molecule has 0 spiro atoms. The molecule has 1 aliphatic rings. The van der Waals surface area contributed by atoms with Crippen molar-refractivity contribution >= 4 is 17.4 Å². The van der Waals surface area contributed by atoms with Crippen molar-refractivity contribution in [3.63, 3.8) is 0 Å². The topological polar surface area (TPSA) is 58.6 Å². The van der Waals surface area contributed by atoms with Crippen molar-refractivity contribution < 1.29 is 9.53 Å². The molecule has 3 heterocycles. The zero-order valence-corrected chi connectivity index (χ0v) is 13.2. The fraction of sp³-hybridized carbons (Fsp3) is 0.353. The molecule has 6 heteroatoms. The highest BCUT2D eigenvalue weighted by molar-refractivity contribution is 6.05. The van der Waals surface area contributed by atoms with Crippen LogP contribution >= 0.6 is 0 Å². The van der Waals surface area contributed by atoms with Crippen molar-refractivity contribution in [3.05, 3.63) is 48.4 Å². The molecule has 0 radical (unpaired) electrons. The van der Waals surface area contributed by atoms with Gasteiger partial charge in [0, 0.05) is 32.0 Å². The molecule has 6 nitrogen and oxygen atoms in total. The number of hydrogen-bond donors (Lipinski definition) is 0. The van der Waals surface area contributed by atoms with Crippen LogP contribution in [0, 0.1) is 0 Å². The van der Waals surface area contributed by atoms with E-state index < -0.39 is 0 Å². The minimum Gasteiger partial charge on any atom is -0.378 e. The fourth-order valence-corrected chi connectivity index (χ4v) is 2.60. The highest BCUT2D eigenvalue weighted by atomic mass is 16.5. The Morgan fingerprint density at radius 2 is 2.09 bits per heavy atom. The van der Waals surface area contributed by atoms with Gasteiger partial charge in [0.05, 0.1) is 30.7 Å². The van der Waals surface area contributed by atoms with Crippen molar-refractivity contribution in [2.45, 2.75) is 6.92 Å². The van der Waals surface area contributed by atoms with E-state index in [2.05, 4.69) is 14.9 Å². The lowest BCUT2D eigenvalue weighted by molar-refractivity contribution is 0.0987. The van der Waals surface area contributed by atoms with E-state index in [0.29, 0.717) is 25.3 Å². The fourth-order valence-electron chi connectivity index (χ4n) is 2.60. The summed E-state index contributed by atoms with van der Waals surface area (Å²) in [6, 6.07) is 7.43. The number of morpholine rings is 1. The molecule has 0 unspecified atom stereocenters. The minimum atomic E-state index is -0.0680. The molecular weight excluding hydrogens is 292 g/mol. The number of carbonyl (C=O) groups is 1. The van der Waals surface area contributed by atoms with Crippen LogP contribution in [0.5, 0.6) is 0 Å². The van der Waals surface area contributed by atoms with Crippen LogP contribution in [0.1, 0.15) is 17.3 Å². The van der Waals surface area contributed by atoms with Gasteiger partial charge in [0.15, 0.2) is 0 Å². The Labute approximate surface area is 135 Å². The number of aromatic nitrogens is 2. The second-order valence-corrected chi connectivity index (χ2v) is 5.27. The molecule has 23 heavy (non-hydrogen) atoms. The third-order valence-corrected chi connectivity index (χ3v) is 3.85. The van der Waals surface area contributed by atoms with Crippen molar-refractivity contribution in [3.8, 4) is 0 Å². The largest absolute Gasteiger partial charge is 0.378 e. The molecule has 1 aliphatic heterocycles. The van der Waals surface area contributed by atoms with E-state index in [1.54, 1.807) is 23.5 Å². The lowest BCUT2D eigenvalue weighted by Crippen LogP contribution is -2.37.